The third-order valence-corrected chi connectivity index (χ3v) is 2.76. The van der Waals surface area contributed by atoms with Crippen molar-refractivity contribution in [2.75, 3.05) is 6.54 Å². The molecule has 17 heavy (non-hydrogen) atoms. The first-order chi connectivity index (χ1) is 7.73. The first-order valence-electron chi connectivity index (χ1n) is 6.04. The normalized spacial score (nSPS) is 13.0. The van der Waals surface area contributed by atoms with E-state index in [1.54, 1.807) is 18.7 Å². The largest absolute Gasteiger partial charge is 0.481 e. The average molecular weight is 244 g/mol. The Kier molecular flexibility index (Phi) is 5.99. The van der Waals surface area contributed by atoms with Gasteiger partial charge in [-0.1, -0.05) is 6.92 Å². The minimum absolute atomic E-state index is 0.0865. The molecule has 0 aliphatic rings. The van der Waals surface area contributed by atoms with Crippen LogP contribution in [0.5, 0.6) is 0 Å². The number of carbonyl (C=O) groups excluding carboxylic acids is 1. The van der Waals surface area contributed by atoms with Crippen molar-refractivity contribution < 1.29 is 14.7 Å². The molecule has 2 N–H and O–H groups in total. The van der Waals surface area contributed by atoms with Gasteiger partial charge in [0.05, 0.1) is 6.42 Å². The Balaban J connectivity index is 4.55. The monoisotopic (exact) mass is 244 g/mol. The molecule has 0 bridgehead atoms. The van der Waals surface area contributed by atoms with Crippen LogP contribution in [0.25, 0.3) is 0 Å². The Morgan fingerprint density at radius 2 is 1.88 bits per heavy atom. The highest BCUT2D eigenvalue weighted by molar-refractivity contribution is 5.77. The summed E-state index contributed by atoms with van der Waals surface area (Å²) in [7, 11) is 0. The van der Waals surface area contributed by atoms with E-state index in [0.717, 1.165) is 6.42 Å². The number of carbonyl (C=O) groups is 2. The van der Waals surface area contributed by atoms with Gasteiger partial charge in [0.25, 0.3) is 0 Å². The van der Waals surface area contributed by atoms with Crippen molar-refractivity contribution >= 4 is 12.0 Å². The Hall–Kier alpha value is -1.26. The number of hydrogen-bond acceptors (Lipinski definition) is 2. The van der Waals surface area contributed by atoms with Gasteiger partial charge in [-0.2, -0.15) is 0 Å². The molecule has 0 rings (SSSR count). The fraction of sp³-hybridized carbons (Fsp3) is 0.833. The number of nitrogens with one attached hydrogen (secondary N) is 1. The van der Waals surface area contributed by atoms with Crippen molar-refractivity contribution in [1.82, 2.24) is 10.2 Å². The van der Waals surface area contributed by atoms with Crippen LogP contribution in [0.15, 0.2) is 0 Å². The zero-order valence-electron chi connectivity index (χ0n) is 11.4. The third kappa shape index (κ3) is 5.56. The number of rotatable bonds is 6. The molecule has 0 saturated heterocycles. The third-order valence-electron chi connectivity index (χ3n) is 2.76. The van der Waals surface area contributed by atoms with Gasteiger partial charge in [0, 0.05) is 18.1 Å². The summed E-state index contributed by atoms with van der Waals surface area (Å²) in [5.41, 5.74) is -0.732. The maximum absolute atomic E-state index is 12.0. The van der Waals surface area contributed by atoms with Crippen molar-refractivity contribution in [2.45, 2.75) is 59.0 Å². The van der Waals surface area contributed by atoms with E-state index in [-0.39, 0.29) is 18.5 Å². The van der Waals surface area contributed by atoms with Crippen molar-refractivity contribution in [3.05, 3.63) is 0 Å². The predicted octanol–water partition coefficient (Wildman–Crippen LogP) is 2.07. The number of hydrogen-bond donors (Lipinski definition) is 2. The van der Waals surface area contributed by atoms with Crippen LogP contribution in [-0.2, 0) is 4.79 Å². The molecule has 0 fully saturated rings. The molecule has 5 nitrogen and oxygen atoms in total. The molecule has 0 aromatic carbocycles. The van der Waals surface area contributed by atoms with Gasteiger partial charge in [-0.25, -0.2) is 4.79 Å². The number of nitrogens with zero attached hydrogens (tertiary/aromatic N) is 1. The standard InChI is InChI=1S/C12H24N2O3/c1-6-9(3)14(7-2)11(17)13-12(4,5)8-10(15)16/h9H,6-8H2,1-5H3,(H,13,17)(H,15,16). The van der Waals surface area contributed by atoms with Crippen LogP contribution in [0.3, 0.4) is 0 Å². The molecule has 5 heteroatoms. The van der Waals surface area contributed by atoms with Gasteiger partial charge < -0.3 is 15.3 Å². The van der Waals surface area contributed by atoms with Gasteiger partial charge in [-0.3, -0.25) is 4.79 Å². The fourth-order valence-corrected chi connectivity index (χ4v) is 1.66. The maximum Gasteiger partial charge on any atom is 0.318 e. The topological polar surface area (TPSA) is 69.6 Å². The van der Waals surface area contributed by atoms with Crippen LogP contribution < -0.4 is 5.32 Å². The molecule has 1 unspecified atom stereocenters. The summed E-state index contributed by atoms with van der Waals surface area (Å²) < 4.78 is 0. The number of urea groups is 1. The quantitative estimate of drug-likeness (QED) is 0.751. The Morgan fingerprint density at radius 1 is 1.35 bits per heavy atom. The van der Waals surface area contributed by atoms with Gasteiger partial charge in [-0.05, 0) is 34.1 Å². The summed E-state index contributed by atoms with van der Waals surface area (Å²) in [5.74, 6) is -0.915. The molecule has 0 radical (unpaired) electrons. The summed E-state index contributed by atoms with van der Waals surface area (Å²) in [5, 5.41) is 11.5. The van der Waals surface area contributed by atoms with Crippen molar-refractivity contribution in [2.24, 2.45) is 0 Å². The van der Waals surface area contributed by atoms with Gasteiger partial charge >= 0.3 is 12.0 Å². The molecule has 2 amide bonds. The van der Waals surface area contributed by atoms with Crippen LogP contribution >= 0.6 is 0 Å². The van der Waals surface area contributed by atoms with Gasteiger partial charge in [-0.15, -0.1) is 0 Å². The van der Waals surface area contributed by atoms with Crippen LogP contribution in [0.1, 0.15) is 47.5 Å². The number of aliphatic carboxylic acids is 1. The molecular weight excluding hydrogens is 220 g/mol. The highest BCUT2D eigenvalue weighted by atomic mass is 16.4. The second-order valence-electron chi connectivity index (χ2n) is 4.93. The summed E-state index contributed by atoms with van der Waals surface area (Å²) >= 11 is 0. The van der Waals surface area contributed by atoms with Crippen LogP contribution in [0.2, 0.25) is 0 Å². The number of carboxylic acid groups (broad SMARTS) is 1. The van der Waals surface area contributed by atoms with Crippen molar-refractivity contribution in [3.8, 4) is 0 Å². The minimum atomic E-state index is -0.915. The Bertz CT molecular complexity index is 277. The summed E-state index contributed by atoms with van der Waals surface area (Å²) in [6.45, 7) is 9.95. The average Bonchev–Trinajstić information content (AvgIpc) is 2.15. The number of amides is 2. The molecule has 0 aromatic heterocycles. The van der Waals surface area contributed by atoms with Gasteiger partial charge in [0.15, 0.2) is 0 Å². The zero-order valence-corrected chi connectivity index (χ0v) is 11.4. The lowest BCUT2D eigenvalue weighted by Gasteiger charge is -2.32. The van der Waals surface area contributed by atoms with Crippen molar-refractivity contribution in [1.29, 1.82) is 0 Å². The highest BCUT2D eigenvalue weighted by Crippen LogP contribution is 2.11. The number of carboxylic acids is 1. The SMILES string of the molecule is CCC(C)N(CC)C(=O)NC(C)(C)CC(=O)O. The van der Waals surface area contributed by atoms with Gasteiger partial charge in [0.2, 0.25) is 0 Å². The molecule has 100 valence electrons. The molecule has 0 heterocycles. The van der Waals surface area contributed by atoms with Crippen molar-refractivity contribution in [3.63, 3.8) is 0 Å². The molecule has 0 aromatic rings. The Labute approximate surface area is 103 Å². The van der Waals surface area contributed by atoms with Crippen LogP contribution in [-0.4, -0.2) is 40.1 Å². The summed E-state index contributed by atoms with van der Waals surface area (Å²) in [4.78, 5) is 24.4. The molecule has 0 saturated carbocycles. The second-order valence-corrected chi connectivity index (χ2v) is 4.93. The molecule has 0 spiro atoms. The van der Waals surface area contributed by atoms with E-state index in [4.69, 9.17) is 5.11 Å². The van der Waals surface area contributed by atoms with E-state index in [1.807, 2.05) is 20.8 Å². The van der Waals surface area contributed by atoms with E-state index < -0.39 is 11.5 Å². The minimum Gasteiger partial charge on any atom is -0.481 e. The molecular formula is C12H24N2O3. The van der Waals surface area contributed by atoms with E-state index in [1.165, 1.54) is 0 Å². The van der Waals surface area contributed by atoms with Crippen LogP contribution in [0, 0.1) is 0 Å². The fourth-order valence-electron chi connectivity index (χ4n) is 1.66. The smallest absolute Gasteiger partial charge is 0.318 e. The summed E-state index contributed by atoms with van der Waals surface area (Å²) in [6, 6.07) is -0.0475. The molecule has 0 aliphatic carbocycles. The molecule has 0 aliphatic heterocycles. The lowest BCUT2D eigenvalue weighted by Crippen LogP contribution is -2.53. The lowest BCUT2D eigenvalue weighted by atomic mass is 10.0. The first kappa shape index (κ1) is 15.7. The van der Waals surface area contributed by atoms with Crippen LogP contribution in [0.4, 0.5) is 4.79 Å². The zero-order chi connectivity index (χ0) is 13.6. The summed E-state index contributed by atoms with van der Waals surface area (Å²) in [6.07, 6.45) is 0.789. The predicted molar refractivity (Wildman–Crippen MR) is 67.0 cm³/mol. The highest BCUT2D eigenvalue weighted by Gasteiger charge is 2.27. The van der Waals surface area contributed by atoms with E-state index >= 15 is 0 Å². The van der Waals surface area contributed by atoms with E-state index in [9.17, 15) is 9.59 Å². The van der Waals surface area contributed by atoms with E-state index in [2.05, 4.69) is 5.32 Å². The lowest BCUT2D eigenvalue weighted by molar-refractivity contribution is -0.138. The van der Waals surface area contributed by atoms with Gasteiger partial charge in [0.1, 0.15) is 0 Å². The maximum atomic E-state index is 12.0. The molecule has 1 atom stereocenters. The Morgan fingerprint density at radius 3 is 2.24 bits per heavy atom. The second kappa shape index (κ2) is 6.47. The van der Waals surface area contributed by atoms with E-state index in [0.29, 0.717) is 6.54 Å². The first-order valence-corrected chi connectivity index (χ1v) is 6.04.